The number of aliphatic hydroxyl groups excluding tert-OH is 3. The SMILES string of the molecule is CCC(C)(CO)CO.CCCCC(O)O. The van der Waals surface area contributed by atoms with Gasteiger partial charge in [0.15, 0.2) is 6.29 Å². The summed E-state index contributed by atoms with van der Waals surface area (Å²) in [5.41, 5.74) is -0.264. The van der Waals surface area contributed by atoms with Crippen LogP contribution in [-0.4, -0.2) is 39.9 Å². The zero-order chi connectivity index (χ0) is 12.3. The molecule has 0 unspecified atom stereocenters. The first-order valence-electron chi connectivity index (χ1n) is 5.53. The molecule has 0 aliphatic heterocycles. The van der Waals surface area contributed by atoms with E-state index >= 15 is 0 Å². The Labute approximate surface area is 92.6 Å². The fourth-order valence-corrected chi connectivity index (χ4v) is 0.660. The fourth-order valence-electron chi connectivity index (χ4n) is 0.660. The smallest absolute Gasteiger partial charge is 0.151 e. The van der Waals surface area contributed by atoms with Gasteiger partial charge in [-0.15, -0.1) is 0 Å². The van der Waals surface area contributed by atoms with E-state index in [1.807, 2.05) is 20.8 Å². The van der Waals surface area contributed by atoms with Gasteiger partial charge in [-0.25, -0.2) is 0 Å². The highest BCUT2D eigenvalue weighted by Crippen LogP contribution is 2.17. The van der Waals surface area contributed by atoms with Gasteiger partial charge in [0.2, 0.25) is 0 Å². The summed E-state index contributed by atoms with van der Waals surface area (Å²) in [6, 6.07) is 0. The Bertz CT molecular complexity index is 113. The Morgan fingerprint density at radius 3 is 1.60 bits per heavy atom. The van der Waals surface area contributed by atoms with Crippen molar-refractivity contribution in [3.05, 3.63) is 0 Å². The Balaban J connectivity index is 0. The van der Waals surface area contributed by atoms with Gasteiger partial charge in [0.1, 0.15) is 0 Å². The molecule has 0 radical (unpaired) electrons. The number of rotatable bonds is 6. The normalized spacial score (nSPS) is 11.2. The zero-order valence-corrected chi connectivity index (χ0v) is 10.1. The highest BCUT2D eigenvalue weighted by Gasteiger charge is 2.18. The maximum atomic E-state index is 8.63. The van der Waals surface area contributed by atoms with Crippen molar-refractivity contribution in [2.24, 2.45) is 5.41 Å². The quantitative estimate of drug-likeness (QED) is 0.503. The number of unbranched alkanes of at least 4 members (excludes halogenated alkanes) is 1. The number of hydrogen-bond acceptors (Lipinski definition) is 4. The van der Waals surface area contributed by atoms with Crippen molar-refractivity contribution in [3.8, 4) is 0 Å². The third kappa shape index (κ3) is 11.8. The van der Waals surface area contributed by atoms with Crippen LogP contribution in [0.4, 0.5) is 0 Å². The lowest BCUT2D eigenvalue weighted by atomic mass is 9.90. The summed E-state index contributed by atoms with van der Waals surface area (Å²) in [7, 11) is 0. The second-order valence-electron chi connectivity index (χ2n) is 4.10. The molecule has 0 saturated heterocycles. The zero-order valence-electron chi connectivity index (χ0n) is 10.1. The minimum atomic E-state index is -1.10. The summed E-state index contributed by atoms with van der Waals surface area (Å²) < 4.78 is 0. The molecular weight excluding hydrogens is 196 g/mol. The molecule has 94 valence electrons. The van der Waals surface area contributed by atoms with Crippen LogP contribution in [0.5, 0.6) is 0 Å². The molecule has 0 aromatic rings. The van der Waals surface area contributed by atoms with Gasteiger partial charge in [-0.2, -0.15) is 0 Å². The molecule has 0 amide bonds. The highest BCUT2D eigenvalue weighted by molar-refractivity contribution is 4.68. The molecular formula is C11H26O4. The average molecular weight is 222 g/mol. The Hall–Kier alpha value is -0.160. The predicted octanol–water partition coefficient (Wildman–Crippen LogP) is 0.875. The first-order chi connectivity index (χ1) is 6.95. The molecule has 0 saturated carbocycles. The maximum absolute atomic E-state index is 8.63. The molecule has 0 atom stereocenters. The van der Waals surface area contributed by atoms with Crippen LogP contribution < -0.4 is 0 Å². The molecule has 4 N–H and O–H groups in total. The minimum Gasteiger partial charge on any atom is -0.396 e. The lowest BCUT2D eigenvalue weighted by Gasteiger charge is -2.21. The van der Waals surface area contributed by atoms with Crippen LogP contribution in [0.1, 0.15) is 46.5 Å². The molecule has 0 fully saturated rings. The van der Waals surface area contributed by atoms with E-state index in [0.717, 1.165) is 19.3 Å². The minimum absolute atomic E-state index is 0.0694. The van der Waals surface area contributed by atoms with Gasteiger partial charge in [0, 0.05) is 5.41 Å². The highest BCUT2D eigenvalue weighted by atomic mass is 16.5. The van der Waals surface area contributed by atoms with Gasteiger partial charge in [-0.05, 0) is 19.3 Å². The Morgan fingerprint density at radius 2 is 1.53 bits per heavy atom. The summed E-state index contributed by atoms with van der Waals surface area (Å²) in [6.45, 7) is 5.96. The predicted molar refractivity (Wildman–Crippen MR) is 60.3 cm³/mol. The summed E-state index contributed by atoms with van der Waals surface area (Å²) >= 11 is 0. The second-order valence-corrected chi connectivity index (χ2v) is 4.10. The van der Waals surface area contributed by atoms with E-state index < -0.39 is 6.29 Å². The lowest BCUT2D eigenvalue weighted by Crippen LogP contribution is -2.24. The van der Waals surface area contributed by atoms with Crippen LogP contribution in [0.15, 0.2) is 0 Å². The summed E-state index contributed by atoms with van der Waals surface area (Å²) in [6.07, 6.45) is 2.16. The largest absolute Gasteiger partial charge is 0.396 e. The topological polar surface area (TPSA) is 80.9 Å². The van der Waals surface area contributed by atoms with Crippen molar-refractivity contribution < 1.29 is 20.4 Å². The first kappa shape index (κ1) is 17.2. The van der Waals surface area contributed by atoms with Gasteiger partial charge in [0.05, 0.1) is 13.2 Å². The standard InChI is InChI=1S/C6H14O2.C5H12O2/c1-3-6(2,4-7)5-8;1-2-3-4-5(6)7/h7-8H,3-5H2,1-2H3;5-7H,2-4H2,1H3. The number of hydrogen-bond donors (Lipinski definition) is 4. The van der Waals surface area contributed by atoms with E-state index in [0.29, 0.717) is 6.42 Å². The van der Waals surface area contributed by atoms with Crippen LogP contribution in [0.2, 0.25) is 0 Å². The van der Waals surface area contributed by atoms with Crippen LogP contribution in [0.25, 0.3) is 0 Å². The molecule has 0 spiro atoms. The number of aliphatic hydroxyl groups is 4. The van der Waals surface area contributed by atoms with Crippen molar-refractivity contribution >= 4 is 0 Å². The molecule has 4 nitrogen and oxygen atoms in total. The monoisotopic (exact) mass is 222 g/mol. The third-order valence-electron chi connectivity index (χ3n) is 2.43. The second kappa shape index (κ2) is 10.4. The fraction of sp³-hybridized carbons (Fsp3) is 1.00. The molecule has 0 aromatic heterocycles. The first-order valence-corrected chi connectivity index (χ1v) is 5.53. The van der Waals surface area contributed by atoms with Crippen molar-refractivity contribution in [2.45, 2.75) is 52.7 Å². The van der Waals surface area contributed by atoms with Crippen LogP contribution in [0.3, 0.4) is 0 Å². The Morgan fingerprint density at radius 1 is 1.07 bits per heavy atom. The maximum Gasteiger partial charge on any atom is 0.151 e. The van der Waals surface area contributed by atoms with Crippen LogP contribution in [-0.2, 0) is 0 Å². The van der Waals surface area contributed by atoms with Gasteiger partial charge >= 0.3 is 0 Å². The molecule has 0 rings (SSSR count). The van der Waals surface area contributed by atoms with E-state index in [9.17, 15) is 0 Å². The van der Waals surface area contributed by atoms with Gasteiger partial charge in [0.25, 0.3) is 0 Å². The van der Waals surface area contributed by atoms with Gasteiger partial charge < -0.3 is 20.4 Å². The molecule has 0 aliphatic rings. The van der Waals surface area contributed by atoms with E-state index in [4.69, 9.17) is 20.4 Å². The molecule has 0 bridgehead atoms. The van der Waals surface area contributed by atoms with Crippen molar-refractivity contribution in [1.29, 1.82) is 0 Å². The van der Waals surface area contributed by atoms with E-state index in [-0.39, 0.29) is 18.6 Å². The van der Waals surface area contributed by atoms with Crippen LogP contribution in [0, 0.1) is 5.41 Å². The van der Waals surface area contributed by atoms with Crippen LogP contribution >= 0.6 is 0 Å². The molecule has 0 aliphatic carbocycles. The lowest BCUT2D eigenvalue weighted by molar-refractivity contribution is -0.0463. The van der Waals surface area contributed by atoms with E-state index in [2.05, 4.69) is 0 Å². The molecule has 0 aromatic carbocycles. The van der Waals surface area contributed by atoms with Gasteiger partial charge in [-0.1, -0.05) is 27.2 Å². The summed E-state index contributed by atoms with van der Waals surface area (Å²) in [5.74, 6) is 0. The van der Waals surface area contributed by atoms with Crippen molar-refractivity contribution in [1.82, 2.24) is 0 Å². The van der Waals surface area contributed by atoms with Gasteiger partial charge in [-0.3, -0.25) is 0 Å². The summed E-state index contributed by atoms with van der Waals surface area (Å²) in [5, 5.41) is 33.7. The summed E-state index contributed by atoms with van der Waals surface area (Å²) in [4.78, 5) is 0. The third-order valence-corrected chi connectivity index (χ3v) is 2.43. The molecule has 0 heterocycles. The molecule has 15 heavy (non-hydrogen) atoms. The Kier molecular flexibility index (Phi) is 11.9. The average Bonchev–Trinajstić information content (AvgIpc) is 2.26. The van der Waals surface area contributed by atoms with E-state index in [1.165, 1.54) is 0 Å². The van der Waals surface area contributed by atoms with Crippen molar-refractivity contribution in [2.75, 3.05) is 13.2 Å². The van der Waals surface area contributed by atoms with Crippen molar-refractivity contribution in [3.63, 3.8) is 0 Å². The van der Waals surface area contributed by atoms with E-state index in [1.54, 1.807) is 0 Å². The molecule has 4 heteroatoms.